The molecule has 2 atom stereocenters. The lowest BCUT2D eigenvalue weighted by Crippen LogP contribution is -2.50. The normalized spacial score (nSPS) is 29.9. The van der Waals surface area contributed by atoms with Gasteiger partial charge < -0.3 is 5.11 Å². The van der Waals surface area contributed by atoms with E-state index in [9.17, 15) is 9.90 Å². The highest BCUT2D eigenvalue weighted by Gasteiger charge is 2.31. The van der Waals surface area contributed by atoms with Crippen LogP contribution in [0.3, 0.4) is 0 Å². The van der Waals surface area contributed by atoms with Gasteiger partial charge in [0.05, 0.1) is 5.60 Å². The molecule has 1 heterocycles. The highest BCUT2D eigenvalue weighted by molar-refractivity contribution is 5.75. The summed E-state index contributed by atoms with van der Waals surface area (Å²) in [6.45, 7) is 5.40. The molecule has 15 heavy (non-hydrogen) atoms. The number of nitrogens with zero attached hydrogens (tertiary/aromatic N) is 1. The lowest BCUT2D eigenvalue weighted by Gasteiger charge is -2.39. The molecule has 0 aliphatic carbocycles. The Morgan fingerprint density at radius 2 is 2.40 bits per heavy atom. The number of aliphatic hydroxyl groups is 1. The number of β-amino-alcohol motifs (C(OH)–C–C–N with tert-alkyl or cyclic N) is 1. The fourth-order valence-corrected chi connectivity index (χ4v) is 2.09. The van der Waals surface area contributed by atoms with Crippen LogP contribution in [0.15, 0.2) is 0 Å². The average Bonchev–Trinajstić information content (AvgIpc) is 2.16. The Bertz CT molecular complexity index is 231. The van der Waals surface area contributed by atoms with Crippen molar-refractivity contribution in [1.82, 2.24) is 10.3 Å². The van der Waals surface area contributed by atoms with Crippen LogP contribution in [0, 0.1) is 0 Å². The van der Waals surface area contributed by atoms with E-state index in [1.54, 1.807) is 0 Å². The van der Waals surface area contributed by atoms with Gasteiger partial charge in [-0.2, -0.15) is 0 Å². The van der Waals surface area contributed by atoms with Crippen molar-refractivity contribution in [2.45, 2.75) is 44.8 Å². The van der Waals surface area contributed by atoms with E-state index in [-0.39, 0.29) is 11.9 Å². The van der Waals surface area contributed by atoms with E-state index in [2.05, 4.69) is 10.3 Å². The maximum Gasteiger partial charge on any atom is 0.235 e. The van der Waals surface area contributed by atoms with Crippen LogP contribution in [0.5, 0.6) is 0 Å². The molecule has 5 heteroatoms. The first kappa shape index (κ1) is 12.4. The summed E-state index contributed by atoms with van der Waals surface area (Å²) in [5.74, 6) is 4.88. The third-order valence-corrected chi connectivity index (χ3v) is 2.97. The van der Waals surface area contributed by atoms with Gasteiger partial charge in [-0.15, -0.1) is 0 Å². The van der Waals surface area contributed by atoms with E-state index >= 15 is 0 Å². The minimum absolute atomic E-state index is 0.125. The maximum absolute atomic E-state index is 11.1. The molecular formula is C10H21N3O2. The highest BCUT2D eigenvalue weighted by atomic mass is 16.3. The topological polar surface area (TPSA) is 78.6 Å². The molecule has 0 aromatic rings. The number of carbonyl (C=O) groups is 1. The van der Waals surface area contributed by atoms with Crippen molar-refractivity contribution in [3.63, 3.8) is 0 Å². The number of hydrogen-bond donors (Lipinski definition) is 3. The summed E-state index contributed by atoms with van der Waals surface area (Å²) in [4.78, 5) is 13.2. The molecule has 0 spiro atoms. The zero-order valence-electron chi connectivity index (χ0n) is 9.49. The molecule has 88 valence electrons. The lowest BCUT2D eigenvalue weighted by atomic mass is 9.94. The number of amides is 1. The average molecular weight is 215 g/mol. The zero-order chi connectivity index (χ0) is 11.5. The molecule has 1 amide bonds. The third kappa shape index (κ3) is 3.77. The standard InChI is InChI=1S/C10H21N3O2/c1-8(6-9(14)12-11)13-5-3-4-10(2,15)7-13/h8,15H,3-7,11H2,1-2H3,(H,12,14). The second-order valence-electron chi connectivity index (χ2n) is 4.69. The van der Waals surface area contributed by atoms with Crippen LogP contribution in [-0.2, 0) is 4.79 Å². The highest BCUT2D eigenvalue weighted by Crippen LogP contribution is 2.22. The minimum Gasteiger partial charge on any atom is -0.389 e. The number of nitrogens with one attached hydrogen (secondary N) is 1. The van der Waals surface area contributed by atoms with Crippen LogP contribution >= 0.6 is 0 Å². The quantitative estimate of drug-likeness (QED) is 0.340. The van der Waals surface area contributed by atoms with Gasteiger partial charge in [0.15, 0.2) is 0 Å². The van der Waals surface area contributed by atoms with E-state index in [0.29, 0.717) is 13.0 Å². The van der Waals surface area contributed by atoms with Crippen molar-refractivity contribution in [2.24, 2.45) is 5.84 Å². The van der Waals surface area contributed by atoms with Crippen molar-refractivity contribution in [3.05, 3.63) is 0 Å². The Balaban J connectivity index is 2.45. The fraction of sp³-hybridized carbons (Fsp3) is 0.900. The number of piperidine rings is 1. The largest absolute Gasteiger partial charge is 0.389 e. The second-order valence-corrected chi connectivity index (χ2v) is 4.69. The van der Waals surface area contributed by atoms with Gasteiger partial charge in [-0.05, 0) is 33.2 Å². The van der Waals surface area contributed by atoms with Gasteiger partial charge >= 0.3 is 0 Å². The molecule has 1 saturated heterocycles. The monoisotopic (exact) mass is 215 g/mol. The molecular weight excluding hydrogens is 194 g/mol. The van der Waals surface area contributed by atoms with Gasteiger partial charge in [0.1, 0.15) is 0 Å². The van der Waals surface area contributed by atoms with E-state index in [0.717, 1.165) is 19.4 Å². The minimum atomic E-state index is -0.619. The number of nitrogens with two attached hydrogens (primary N) is 1. The van der Waals surface area contributed by atoms with Crippen molar-refractivity contribution in [2.75, 3.05) is 13.1 Å². The first-order valence-corrected chi connectivity index (χ1v) is 5.40. The van der Waals surface area contributed by atoms with Crippen LogP contribution in [-0.4, -0.2) is 40.6 Å². The van der Waals surface area contributed by atoms with Gasteiger partial charge in [-0.25, -0.2) is 5.84 Å². The van der Waals surface area contributed by atoms with Gasteiger partial charge in [-0.1, -0.05) is 0 Å². The molecule has 0 bridgehead atoms. The van der Waals surface area contributed by atoms with Gasteiger partial charge in [0, 0.05) is 19.0 Å². The number of rotatable bonds is 3. The number of likely N-dealkylation sites (tertiary alicyclic amines) is 1. The number of carbonyl (C=O) groups excluding carboxylic acids is 1. The van der Waals surface area contributed by atoms with Crippen LogP contribution in [0.2, 0.25) is 0 Å². The summed E-state index contributed by atoms with van der Waals surface area (Å²) < 4.78 is 0. The predicted octanol–water partition coefficient (Wildman–Crippen LogP) is -0.398. The number of hydrogen-bond acceptors (Lipinski definition) is 4. The van der Waals surface area contributed by atoms with Crippen molar-refractivity contribution in [1.29, 1.82) is 0 Å². The van der Waals surface area contributed by atoms with Crippen LogP contribution in [0.1, 0.15) is 33.1 Å². The van der Waals surface area contributed by atoms with Gasteiger partial charge in [0.2, 0.25) is 5.91 Å². The molecule has 5 nitrogen and oxygen atoms in total. The summed E-state index contributed by atoms with van der Waals surface area (Å²) in [6, 6.07) is 0.125. The molecule has 1 aliphatic rings. The summed E-state index contributed by atoms with van der Waals surface area (Å²) in [6.07, 6.45) is 2.19. The maximum atomic E-state index is 11.1. The van der Waals surface area contributed by atoms with Crippen LogP contribution < -0.4 is 11.3 Å². The van der Waals surface area contributed by atoms with Crippen LogP contribution in [0.4, 0.5) is 0 Å². The Hall–Kier alpha value is -0.650. The fourth-order valence-electron chi connectivity index (χ4n) is 2.09. The predicted molar refractivity (Wildman–Crippen MR) is 57.8 cm³/mol. The molecule has 1 aliphatic heterocycles. The van der Waals surface area contributed by atoms with E-state index in [4.69, 9.17) is 5.84 Å². The van der Waals surface area contributed by atoms with Crippen LogP contribution in [0.25, 0.3) is 0 Å². The summed E-state index contributed by atoms with van der Waals surface area (Å²) >= 11 is 0. The molecule has 0 radical (unpaired) electrons. The summed E-state index contributed by atoms with van der Waals surface area (Å²) in [7, 11) is 0. The van der Waals surface area contributed by atoms with E-state index < -0.39 is 5.60 Å². The summed E-state index contributed by atoms with van der Waals surface area (Å²) in [5.41, 5.74) is 1.51. The van der Waals surface area contributed by atoms with Gasteiger partial charge in [-0.3, -0.25) is 15.1 Å². The molecule has 4 N–H and O–H groups in total. The molecule has 0 aromatic heterocycles. The first-order valence-electron chi connectivity index (χ1n) is 5.40. The molecule has 2 unspecified atom stereocenters. The van der Waals surface area contributed by atoms with Crippen molar-refractivity contribution in [3.8, 4) is 0 Å². The third-order valence-electron chi connectivity index (χ3n) is 2.97. The van der Waals surface area contributed by atoms with Gasteiger partial charge in [0.25, 0.3) is 0 Å². The Morgan fingerprint density at radius 3 is 2.93 bits per heavy atom. The van der Waals surface area contributed by atoms with E-state index in [1.165, 1.54) is 0 Å². The Kier molecular flexibility index (Phi) is 4.07. The smallest absolute Gasteiger partial charge is 0.235 e. The number of hydrazine groups is 1. The van der Waals surface area contributed by atoms with Crippen molar-refractivity contribution >= 4 is 5.91 Å². The van der Waals surface area contributed by atoms with E-state index in [1.807, 2.05) is 13.8 Å². The SMILES string of the molecule is CC(CC(=O)NN)N1CCCC(C)(O)C1. The zero-order valence-corrected chi connectivity index (χ0v) is 9.49. The Labute approximate surface area is 90.6 Å². The molecule has 0 saturated carbocycles. The Morgan fingerprint density at radius 1 is 1.73 bits per heavy atom. The molecule has 0 aromatic carbocycles. The summed E-state index contributed by atoms with van der Waals surface area (Å²) in [5, 5.41) is 9.92. The molecule has 1 fully saturated rings. The lowest BCUT2D eigenvalue weighted by molar-refractivity contribution is -0.123. The second kappa shape index (κ2) is 4.92. The first-order chi connectivity index (χ1) is 6.94. The van der Waals surface area contributed by atoms with Crippen molar-refractivity contribution < 1.29 is 9.90 Å². The molecule has 1 rings (SSSR count).